The summed E-state index contributed by atoms with van der Waals surface area (Å²) in [6.45, 7) is 0. The molecule has 0 aliphatic rings. The summed E-state index contributed by atoms with van der Waals surface area (Å²) in [4.78, 5) is 63.5. The van der Waals surface area contributed by atoms with E-state index in [0.717, 1.165) is 251 Å². The maximum Gasteiger partial charge on any atom is 0.137 e. The van der Waals surface area contributed by atoms with Crippen molar-refractivity contribution in [1.29, 1.82) is 0 Å². The van der Waals surface area contributed by atoms with E-state index in [-0.39, 0.29) is 0 Å². The summed E-state index contributed by atoms with van der Waals surface area (Å²) >= 11 is 0. The van der Waals surface area contributed by atoms with Crippen LogP contribution in [0.3, 0.4) is 0 Å². The molecule has 27 aromatic rings. The molecule has 27 rings (SSSR count). The van der Waals surface area contributed by atoms with E-state index in [9.17, 15) is 0 Å². The van der Waals surface area contributed by atoms with Crippen LogP contribution >= 0.6 is 0 Å². The quantitative estimate of drug-likeness (QED) is 0.0946. The number of hydrogen-bond acceptors (Lipinski definition) is 13. The molecule has 0 radical (unpaired) electrons. The highest BCUT2D eigenvalue weighted by Crippen LogP contribution is 2.43. The molecule has 0 bridgehead atoms. The second-order valence-corrected chi connectivity index (χ2v) is 34.7. The van der Waals surface area contributed by atoms with Gasteiger partial charge in [-0.1, -0.05) is 255 Å². The van der Waals surface area contributed by atoms with Gasteiger partial charge in [0.25, 0.3) is 0 Å². The summed E-state index contributed by atoms with van der Waals surface area (Å²) in [5.74, 6) is 0. The number of nitrogens with zero attached hydrogens (tertiary/aromatic N) is 16. The van der Waals surface area contributed by atoms with Crippen LogP contribution in [0, 0.1) is 0 Å². The second kappa shape index (κ2) is 36.4. The summed E-state index contributed by atoms with van der Waals surface area (Å²) in [6, 6.07) is 148. The molecule has 0 aliphatic heterocycles. The van der Waals surface area contributed by atoms with Crippen LogP contribution in [0.1, 0.15) is 0 Å². The van der Waals surface area contributed by atoms with Crippen molar-refractivity contribution >= 4 is 82.8 Å². The Bertz CT molecular complexity index is 8410. The molecule has 0 fully saturated rings. The van der Waals surface area contributed by atoms with E-state index in [1.54, 1.807) is 24.8 Å². The maximum atomic E-state index is 5.21. The van der Waals surface area contributed by atoms with Crippen LogP contribution in [0.25, 0.3) is 251 Å². The molecule has 660 valence electrons. The van der Waals surface area contributed by atoms with E-state index in [1.807, 2.05) is 170 Å². The first-order chi connectivity index (χ1) is 69.8. The molecule has 0 unspecified atom stereocenters. The minimum Gasteiger partial charge on any atom is -0.298 e. The molecular weight excluding hydrogens is 1730 g/mol. The van der Waals surface area contributed by atoms with E-state index in [4.69, 9.17) is 44.9 Å². The highest BCUT2D eigenvalue weighted by Gasteiger charge is 2.24. The molecule has 0 atom stereocenters. The lowest BCUT2D eigenvalue weighted by molar-refractivity contribution is 1.22. The minimum atomic E-state index is 0.801. The Kier molecular flexibility index (Phi) is 21.5. The average Bonchev–Trinajstić information content (AvgIpc) is 1.56. The van der Waals surface area contributed by atoms with Gasteiger partial charge in [0.05, 0.1) is 95.7 Å². The number of fused-ring (bicyclic) bond motifs is 15. The van der Waals surface area contributed by atoms with Crippen molar-refractivity contribution in [2.24, 2.45) is 0 Å². The molecule has 0 saturated carbocycles. The number of para-hydroxylation sites is 3. The molecule has 0 aliphatic carbocycles. The van der Waals surface area contributed by atoms with E-state index >= 15 is 0 Å². The number of hydrogen-bond donors (Lipinski definition) is 0. The SMILES string of the molecule is c1cc(-c2cccc(-c3nc4ccccc4c4nc5ccccn5c34)c2)cc(-c2cc(-c3cccnc3)nc(-c3cccnc3)c2)c1.c1ccc(-c2cc(-c3cccc(-c4cccc(-c5nc6ccccc6c6nc7ccccn7c56)c4)c3)cc(-c3ccccc3)n2)cc1.c1ccc(-c2cc(-c3cccc(-c4cccc(-c5nc6ccccc6c6nc7ccccn7c56)c4)c3)cc(-c3ccccn3)n2)nc1. The zero-order chi connectivity index (χ0) is 93.5. The summed E-state index contributed by atoms with van der Waals surface area (Å²) in [7, 11) is 0. The van der Waals surface area contributed by atoms with Gasteiger partial charge in [-0.3, -0.25) is 33.1 Å². The Morgan fingerprint density at radius 1 is 0.156 bits per heavy atom. The van der Waals surface area contributed by atoms with Gasteiger partial charge in [0.15, 0.2) is 0 Å². The highest BCUT2D eigenvalue weighted by molar-refractivity contribution is 6.12. The van der Waals surface area contributed by atoms with Gasteiger partial charge < -0.3 is 0 Å². The van der Waals surface area contributed by atoms with Gasteiger partial charge in [-0.05, 0) is 243 Å². The Balaban J connectivity index is 0.000000111. The number of benzene rings is 11. The van der Waals surface area contributed by atoms with Crippen molar-refractivity contribution in [3.8, 4) is 168 Å². The molecule has 16 heteroatoms. The molecule has 11 aromatic carbocycles. The monoisotopic (exact) mass is 1800 g/mol. The summed E-state index contributed by atoms with van der Waals surface area (Å²) in [6.07, 6.45) is 17.0. The average molecular weight is 1810 g/mol. The first kappa shape index (κ1) is 83.4. The zero-order valence-corrected chi connectivity index (χ0v) is 75.8. The third kappa shape index (κ3) is 16.3. The largest absolute Gasteiger partial charge is 0.298 e. The van der Waals surface area contributed by atoms with Gasteiger partial charge >= 0.3 is 0 Å². The normalized spacial score (nSPS) is 11.4. The minimum absolute atomic E-state index is 0.801. The highest BCUT2D eigenvalue weighted by atomic mass is 15.0. The van der Waals surface area contributed by atoms with Crippen molar-refractivity contribution < 1.29 is 0 Å². The fourth-order valence-electron chi connectivity index (χ4n) is 19.1. The Morgan fingerprint density at radius 2 is 0.418 bits per heavy atom. The zero-order valence-electron chi connectivity index (χ0n) is 75.8. The van der Waals surface area contributed by atoms with Gasteiger partial charge in [0.2, 0.25) is 0 Å². The summed E-state index contributed by atoms with van der Waals surface area (Å²) in [5.41, 5.74) is 41.5. The van der Waals surface area contributed by atoms with Crippen molar-refractivity contribution in [2.45, 2.75) is 0 Å². The fourth-order valence-corrected chi connectivity index (χ4v) is 19.1. The van der Waals surface area contributed by atoms with E-state index in [1.165, 1.54) is 0 Å². The third-order valence-corrected chi connectivity index (χ3v) is 25.8. The van der Waals surface area contributed by atoms with Gasteiger partial charge in [-0.2, -0.15) is 0 Å². The van der Waals surface area contributed by atoms with Crippen molar-refractivity contribution in [3.05, 3.63) is 486 Å². The smallest absolute Gasteiger partial charge is 0.137 e. The predicted molar refractivity (Wildman–Crippen MR) is 570 cm³/mol. The molecule has 16 aromatic heterocycles. The van der Waals surface area contributed by atoms with Crippen LogP contribution in [0.15, 0.2) is 486 Å². The number of pyridine rings is 13. The van der Waals surface area contributed by atoms with Crippen molar-refractivity contribution in [2.75, 3.05) is 0 Å². The lowest BCUT2D eigenvalue weighted by atomic mass is 9.95. The van der Waals surface area contributed by atoms with Crippen LogP contribution in [-0.4, -0.2) is 78.0 Å². The lowest BCUT2D eigenvalue weighted by Gasteiger charge is -2.12. The molecule has 16 nitrogen and oxygen atoms in total. The molecule has 0 amide bonds. The first-order valence-electron chi connectivity index (χ1n) is 46.8. The Hall–Kier alpha value is -19.5. The third-order valence-electron chi connectivity index (χ3n) is 25.8. The van der Waals surface area contributed by atoms with Gasteiger partial charge in [-0.25, -0.2) is 44.9 Å². The van der Waals surface area contributed by atoms with Crippen LogP contribution < -0.4 is 0 Å². The van der Waals surface area contributed by atoms with Gasteiger partial charge in [0, 0.05) is 111 Å². The Morgan fingerprint density at radius 3 is 0.738 bits per heavy atom. The van der Waals surface area contributed by atoms with Crippen LogP contribution in [0.2, 0.25) is 0 Å². The van der Waals surface area contributed by atoms with Crippen molar-refractivity contribution in [3.63, 3.8) is 0 Å². The molecular formula is C125H80N16. The van der Waals surface area contributed by atoms with E-state index in [2.05, 4.69) is 325 Å². The van der Waals surface area contributed by atoms with Gasteiger partial charge in [0.1, 0.15) is 33.5 Å². The van der Waals surface area contributed by atoms with Crippen LogP contribution in [-0.2, 0) is 0 Å². The van der Waals surface area contributed by atoms with Crippen molar-refractivity contribution in [1.82, 2.24) is 78.0 Å². The Labute approximate surface area is 810 Å². The molecule has 0 spiro atoms. The maximum absolute atomic E-state index is 5.21. The van der Waals surface area contributed by atoms with E-state index < -0.39 is 0 Å². The van der Waals surface area contributed by atoms with Crippen LogP contribution in [0.5, 0.6) is 0 Å². The first-order valence-corrected chi connectivity index (χ1v) is 46.8. The summed E-state index contributed by atoms with van der Waals surface area (Å²) in [5, 5.41) is 3.15. The topological polar surface area (TPSA) is 181 Å². The van der Waals surface area contributed by atoms with E-state index in [0.29, 0.717) is 0 Å². The summed E-state index contributed by atoms with van der Waals surface area (Å²) < 4.78 is 6.43. The molecule has 141 heavy (non-hydrogen) atoms. The lowest BCUT2D eigenvalue weighted by Crippen LogP contribution is -1.94. The standard InChI is InChI=1S/C43H28N4.2C41H26N6/c1-3-13-29(14-4-1)38-27-35(28-39(44-38)30-15-5-2-6-16-30)33-19-11-17-31(25-33)32-18-12-20-34(26-32)41-43-42(36-21-7-8-22-37(36)45-41)46-40-23-9-10-24-47(40)43;1-2-16-33-32(15-1)40-41(47-22-8-5-19-38(47)46-40)39(45-33)30-14-10-12-28(24-30)27-11-9-13-29(23-27)31-25-36(34-17-3-6-20-42-34)44-37(26-31)35-18-4-7-21-43-35;1-2-16-35-34(15-1)40-41(47-20-4-3-17-38(47)46-40)39(45-35)30-12-6-10-28(22-30)27-9-5-11-29(21-27)33-23-36(31-13-7-18-42-25-31)44-37(24-33)32-14-8-19-43-26-32/h1-28H;2*1-26H. The molecule has 0 N–H and O–H groups in total. The number of rotatable bonds is 15. The van der Waals surface area contributed by atoms with Crippen LogP contribution in [0.4, 0.5) is 0 Å². The fraction of sp³-hybridized carbons (Fsp3) is 0. The predicted octanol–water partition coefficient (Wildman–Crippen LogP) is 29.9. The van der Waals surface area contributed by atoms with Gasteiger partial charge in [-0.15, -0.1) is 0 Å². The molecule has 0 saturated heterocycles. The molecule has 16 heterocycles. The number of imidazole rings is 3. The number of aromatic nitrogens is 16. The second-order valence-electron chi connectivity index (χ2n) is 34.7.